The Morgan fingerprint density at radius 3 is 2.55 bits per heavy atom. The molecule has 0 radical (unpaired) electrons. The lowest BCUT2D eigenvalue weighted by Crippen LogP contribution is -2.42. The minimum absolute atomic E-state index is 0.0260. The van der Waals surface area contributed by atoms with Gasteiger partial charge in [0, 0.05) is 12.6 Å². The first-order valence-corrected chi connectivity index (χ1v) is 9.59. The second-order valence-electron chi connectivity index (χ2n) is 5.52. The number of guanidine groups is 1. The van der Waals surface area contributed by atoms with Gasteiger partial charge in [-0.2, -0.15) is 0 Å². The summed E-state index contributed by atoms with van der Waals surface area (Å²) in [7, 11) is -3.26. The Morgan fingerprint density at radius 1 is 1.23 bits per heavy atom. The second-order valence-corrected chi connectivity index (χ2v) is 7.63. The highest BCUT2D eigenvalue weighted by molar-refractivity contribution is 7.91. The minimum Gasteiger partial charge on any atom is -0.357 e. The lowest BCUT2D eigenvalue weighted by molar-refractivity contribution is 0.595. The Hall–Kier alpha value is -1.56. The molecular formula is C16H25N3O2S. The maximum Gasteiger partial charge on any atom is 0.191 e. The van der Waals surface area contributed by atoms with Crippen LogP contribution in [-0.2, 0) is 9.84 Å². The van der Waals surface area contributed by atoms with Crippen molar-refractivity contribution in [1.29, 1.82) is 0 Å². The third kappa shape index (κ3) is 5.02. The third-order valence-electron chi connectivity index (χ3n) is 3.77. The predicted octanol–water partition coefficient (Wildman–Crippen LogP) is 1.96. The summed E-state index contributed by atoms with van der Waals surface area (Å²) in [6.45, 7) is 3.04. The monoisotopic (exact) mass is 323 g/mol. The summed E-state index contributed by atoms with van der Waals surface area (Å²) in [5.74, 6) is 0.746. The topological polar surface area (TPSA) is 70.6 Å². The van der Waals surface area contributed by atoms with Crippen LogP contribution in [0.25, 0.3) is 0 Å². The fourth-order valence-corrected chi connectivity index (χ4v) is 3.75. The van der Waals surface area contributed by atoms with Crippen molar-refractivity contribution in [2.45, 2.75) is 43.5 Å². The van der Waals surface area contributed by atoms with Crippen LogP contribution in [0.2, 0.25) is 0 Å². The van der Waals surface area contributed by atoms with Gasteiger partial charge in [0.25, 0.3) is 0 Å². The fourth-order valence-electron chi connectivity index (χ4n) is 2.61. The molecule has 0 amide bonds. The zero-order valence-corrected chi connectivity index (χ0v) is 13.9. The van der Waals surface area contributed by atoms with Gasteiger partial charge in [-0.1, -0.05) is 31.0 Å². The molecule has 0 spiro atoms. The van der Waals surface area contributed by atoms with Crippen molar-refractivity contribution in [3.05, 3.63) is 30.3 Å². The molecule has 2 N–H and O–H groups in total. The summed E-state index contributed by atoms with van der Waals surface area (Å²) in [6.07, 6.45) is 4.82. The minimum atomic E-state index is -3.26. The summed E-state index contributed by atoms with van der Waals surface area (Å²) in [6, 6.07) is 9.00. The molecule has 0 aromatic heterocycles. The Kier molecular flexibility index (Phi) is 6.24. The molecule has 0 atom stereocenters. The number of benzene rings is 1. The summed E-state index contributed by atoms with van der Waals surface area (Å²) < 4.78 is 24.4. The van der Waals surface area contributed by atoms with Gasteiger partial charge in [0.15, 0.2) is 15.8 Å². The molecule has 0 bridgehead atoms. The van der Waals surface area contributed by atoms with Gasteiger partial charge in [0.05, 0.1) is 17.2 Å². The van der Waals surface area contributed by atoms with E-state index in [9.17, 15) is 8.42 Å². The van der Waals surface area contributed by atoms with E-state index in [1.54, 1.807) is 24.3 Å². The molecule has 6 heteroatoms. The molecule has 2 rings (SSSR count). The highest BCUT2D eigenvalue weighted by Crippen LogP contribution is 2.17. The smallest absolute Gasteiger partial charge is 0.191 e. The summed E-state index contributed by atoms with van der Waals surface area (Å²) in [4.78, 5) is 4.76. The van der Waals surface area contributed by atoms with Gasteiger partial charge in [-0.15, -0.1) is 0 Å². The van der Waals surface area contributed by atoms with Crippen LogP contribution in [0.4, 0.5) is 0 Å². The van der Waals surface area contributed by atoms with E-state index in [2.05, 4.69) is 15.6 Å². The summed E-state index contributed by atoms with van der Waals surface area (Å²) >= 11 is 0. The second kappa shape index (κ2) is 8.17. The molecule has 0 heterocycles. The van der Waals surface area contributed by atoms with E-state index in [-0.39, 0.29) is 12.3 Å². The van der Waals surface area contributed by atoms with Crippen LogP contribution in [-0.4, -0.2) is 39.3 Å². The molecule has 1 fully saturated rings. The van der Waals surface area contributed by atoms with Crippen molar-refractivity contribution in [1.82, 2.24) is 10.6 Å². The van der Waals surface area contributed by atoms with Crippen molar-refractivity contribution in [2.24, 2.45) is 4.99 Å². The lowest BCUT2D eigenvalue weighted by atomic mass is 10.2. The maximum absolute atomic E-state index is 12.2. The molecule has 0 saturated heterocycles. The number of aliphatic imine (C=N–C) groups is 1. The van der Waals surface area contributed by atoms with Gasteiger partial charge in [-0.25, -0.2) is 8.42 Å². The molecule has 122 valence electrons. The van der Waals surface area contributed by atoms with E-state index < -0.39 is 9.84 Å². The third-order valence-corrected chi connectivity index (χ3v) is 5.48. The van der Waals surface area contributed by atoms with E-state index >= 15 is 0 Å². The Morgan fingerprint density at radius 2 is 1.91 bits per heavy atom. The van der Waals surface area contributed by atoms with Crippen LogP contribution in [0.15, 0.2) is 40.2 Å². The van der Waals surface area contributed by atoms with E-state index in [0.717, 1.165) is 25.3 Å². The zero-order valence-electron chi connectivity index (χ0n) is 13.1. The molecule has 5 nitrogen and oxygen atoms in total. The first kappa shape index (κ1) is 16.8. The Labute approximate surface area is 133 Å². The normalized spacial score (nSPS) is 16.7. The first-order chi connectivity index (χ1) is 10.6. The van der Waals surface area contributed by atoms with Gasteiger partial charge in [-0.05, 0) is 31.9 Å². The number of sulfone groups is 1. The van der Waals surface area contributed by atoms with Crippen LogP contribution in [0.5, 0.6) is 0 Å². The van der Waals surface area contributed by atoms with Gasteiger partial charge < -0.3 is 10.6 Å². The van der Waals surface area contributed by atoms with Crippen molar-refractivity contribution in [3.8, 4) is 0 Å². The number of nitrogens with zero attached hydrogens (tertiary/aromatic N) is 1. The number of nitrogens with one attached hydrogen (secondary N) is 2. The van der Waals surface area contributed by atoms with E-state index in [0.29, 0.717) is 10.9 Å². The number of hydrogen-bond donors (Lipinski definition) is 2. The maximum atomic E-state index is 12.2. The first-order valence-electron chi connectivity index (χ1n) is 7.94. The van der Waals surface area contributed by atoms with E-state index in [1.807, 2.05) is 13.0 Å². The van der Waals surface area contributed by atoms with Crippen LogP contribution in [0.1, 0.15) is 32.6 Å². The van der Waals surface area contributed by atoms with Crippen LogP contribution < -0.4 is 10.6 Å². The van der Waals surface area contributed by atoms with Gasteiger partial charge in [0.1, 0.15) is 0 Å². The van der Waals surface area contributed by atoms with Crippen molar-refractivity contribution in [2.75, 3.05) is 18.8 Å². The summed E-state index contributed by atoms with van der Waals surface area (Å²) in [5.41, 5.74) is 0. The molecule has 1 saturated carbocycles. The predicted molar refractivity (Wildman–Crippen MR) is 89.9 cm³/mol. The van der Waals surface area contributed by atoms with Gasteiger partial charge in [0.2, 0.25) is 0 Å². The average molecular weight is 323 g/mol. The summed E-state index contributed by atoms with van der Waals surface area (Å²) in [5, 5.41) is 6.57. The SMILES string of the molecule is CCNC(=NCCS(=O)(=O)c1ccccc1)NC1CCCC1. The van der Waals surface area contributed by atoms with E-state index in [4.69, 9.17) is 0 Å². The van der Waals surface area contributed by atoms with Crippen LogP contribution in [0, 0.1) is 0 Å². The fraction of sp³-hybridized carbons (Fsp3) is 0.562. The van der Waals surface area contributed by atoms with Crippen LogP contribution >= 0.6 is 0 Å². The lowest BCUT2D eigenvalue weighted by Gasteiger charge is -2.16. The molecule has 0 unspecified atom stereocenters. The molecule has 1 aromatic carbocycles. The number of hydrogen-bond acceptors (Lipinski definition) is 3. The highest BCUT2D eigenvalue weighted by atomic mass is 32.2. The highest BCUT2D eigenvalue weighted by Gasteiger charge is 2.16. The van der Waals surface area contributed by atoms with Crippen molar-refractivity contribution in [3.63, 3.8) is 0 Å². The standard InChI is InChI=1S/C16H25N3O2S/c1-2-17-16(19-14-8-6-7-9-14)18-12-13-22(20,21)15-10-4-3-5-11-15/h3-5,10-11,14H,2,6-9,12-13H2,1H3,(H2,17,18,19). The van der Waals surface area contributed by atoms with E-state index in [1.165, 1.54) is 12.8 Å². The number of rotatable bonds is 6. The molecule has 22 heavy (non-hydrogen) atoms. The van der Waals surface area contributed by atoms with Gasteiger partial charge in [-0.3, -0.25) is 4.99 Å². The van der Waals surface area contributed by atoms with Crippen molar-refractivity contribution < 1.29 is 8.42 Å². The molecule has 1 aliphatic rings. The quantitative estimate of drug-likeness (QED) is 0.620. The Balaban J connectivity index is 1.92. The largest absolute Gasteiger partial charge is 0.357 e. The van der Waals surface area contributed by atoms with Crippen molar-refractivity contribution >= 4 is 15.8 Å². The van der Waals surface area contributed by atoms with Crippen LogP contribution in [0.3, 0.4) is 0 Å². The molecule has 1 aliphatic carbocycles. The zero-order chi connectivity index (χ0) is 15.8. The molecule has 1 aromatic rings. The molecular weight excluding hydrogens is 298 g/mol. The average Bonchev–Trinajstić information content (AvgIpc) is 3.01. The van der Waals surface area contributed by atoms with Gasteiger partial charge >= 0.3 is 0 Å². The Bertz CT molecular complexity index is 579. The molecule has 0 aliphatic heterocycles.